The molecule has 0 amide bonds. The van der Waals surface area contributed by atoms with Crippen LogP contribution in [0.2, 0.25) is 0 Å². The first-order chi connectivity index (χ1) is 14.7. The van der Waals surface area contributed by atoms with Crippen LogP contribution >= 0.6 is 20.2 Å². The molecule has 5 rings (SSSR count). The molecule has 3 aromatic heterocycles. The number of pyridine rings is 2. The predicted molar refractivity (Wildman–Crippen MR) is 123 cm³/mol. The number of halogens is 2. The van der Waals surface area contributed by atoms with E-state index >= 15 is 0 Å². The molecule has 3 heterocycles. The van der Waals surface area contributed by atoms with E-state index in [2.05, 4.69) is 58.9 Å². The third kappa shape index (κ3) is 4.13. The predicted octanol–water partition coefficient (Wildman–Crippen LogP) is 6.48. The summed E-state index contributed by atoms with van der Waals surface area (Å²) in [4.78, 5) is 12.7. The van der Waals surface area contributed by atoms with Crippen molar-refractivity contribution in [2.75, 3.05) is 5.43 Å². The first-order valence-corrected chi connectivity index (χ1v) is 11.6. The van der Waals surface area contributed by atoms with E-state index in [0.717, 1.165) is 63.1 Å². The van der Waals surface area contributed by atoms with Gasteiger partial charge in [0.05, 0.1) is 27.8 Å². The number of H-pyrrole nitrogens is 1. The molecule has 5 aromatic rings. The number of hydrazone groups is 1. The molecule has 5 nitrogen and oxygen atoms in total. The number of hydrogen-bond acceptors (Lipinski definition) is 4. The van der Waals surface area contributed by atoms with Gasteiger partial charge in [-0.25, -0.2) is 4.98 Å². The Bertz CT molecular complexity index is 1340. The maximum atomic E-state index is 4.83. The van der Waals surface area contributed by atoms with Gasteiger partial charge >= 0.3 is 33.3 Å². The van der Waals surface area contributed by atoms with E-state index in [9.17, 15) is 0 Å². The molecule has 155 valence electrons. The van der Waals surface area contributed by atoms with Gasteiger partial charge in [-0.1, -0.05) is 42.5 Å². The zero-order chi connectivity index (χ0) is 20.9. The average Bonchev–Trinajstić information content (AvgIpc) is 3.18. The Morgan fingerprint density at radius 2 is 1.67 bits per heavy atom. The van der Waals surface area contributed by atoms with Crippen LogP contribution in [0.4, 0.5) is 5.82 Å². The Balaban J connectivity index is 0.000000687. The average molecular weight is 486 g/mol. The second-order valence-electron chi connectivity index (χ2n) is 6.47. The van der Waals surface area contributed by atoms with Gasteiger partial charge in [0.1, 0.15) is 0 Å². The van der Waals surface area contributed by atoms with Gasteiger partial charge in [0.15, 0.2) is 5.82 Å². The standard InChI is InChI=1S/C22H17N5.2ClH.Cu/c1-14(17-10-6-7-13-23-17)26-27-22-20-15-8-2-4-11-18(15)24-21(20)16-9-3-5-12-19(16)25-22;;;/h2-13,24H,1H3,(H,25,27);2*1H;/q;;;+2/p-2/b26-14+;;;. The molecule has 0 aliphatic carbocycles. The molecule has 2 N–H and O–H groups in total. The number of hydrogen-bond donors (Lipinski definition) is 2. The van der Waals surface area contributed by atoms with Gasteiger partial charge in [0.25, 0.3) is 0 Å². The summed E-state index contributed by atoms with van der Waals surface area (Å²) < 4.78 is 0. The van der Waals surface area contributed by atoms with Crippen molar-refractivity contribution in [1.82, 2.24) is 15.0 Å². The molecule has 0 bridgehead atoms. The van der Waals surface area contributed by atoms with Crippen molar-refractivity contribution in [1.29, 1.82) is 0 Å². The summed E-state index contributed by atoms with van der Waals surface area (Å²) in [6, 6.07) is 22.2. The normalized spacial score (nSPS) is 11.6. The second kappa shape index (κ2) is 9.45. The minimum absolute atomic E-state index is 0.733. The number of aromatic amines is 1. The SMILES string of the molecule is C/C(=N\Nc1nc2ccccc2c2[nH]c3ccccc3c12)c1ccccn1.[Cl][Cu][Cl]. The van der Waals surface area contributed by atoms with Gasteiger partial charge in [-0.15, -0.1) is 0 Å². The molecular weight excluding hydrogens is 469 g/mol. The molecule has 0 atom stereocenters. The summed E-state index contributed by atoms with van der Waals surface area (Å²) in [6.07, 6.45) is 1.76. The van der Waals surface area contributed by atoms with Gasteiger partial charge in [-0.2, -0.15) is 5.10 Å². The first kappa shape index (κ1) is 20.6. The number of fused-ring (bicyclic) bond motifs is 5. The fraction of sp³-hybridized carbons (Fsp3) is 0.0455. The van der Waals surface area contributed by atoms with Crippen molar-refractivity contribution >= 4 is 64.4 Å². The summed E-state index contributed by atoms with van der Waals surface area (Å²) in [6.45, 7) is 1.93. The number of nitrogens with one attached hydrogen (secondary N) is 2. The van der Waals surface area contributed by atoms with Crippen molar-refractivity contribution in [2.45, 2.75) is 6.92 Å². The zero-order valence-electron chi connectivity index (χ0n) is 15.8. The molecule has 30 heavy (non-hydrogen) atoms. The molecule has 2 aromatic carbocycles. The van der Waals surface area contributed by atoms with E-state index in [-0.39, 0.29) is 0 Å². The molecule has 0 aliphatic heterocycles. The van der Waals surface area contributed by atoms with Crippen LogP contribution in [0.5, 0.6) is 0 Å². The molecule has 0 aliphatic rings. The maximum absolute atomic E-state index is 4.83. The molecular formula is C22H17Cl2CuN5. The molecule has 0 unspecified atom stereocenters. The second-order valence-corrected chi connectivity index (χ2v) is 8.02. The Kier molecular flexibility index (Phi) is 6.50. The Morgan fingerprint density at radius 1 is 0.967 bits per heavy atom. The monoisotopic (exact) mass is 484 g/mol. The Labute approximate surface area is 188 Å². The molecule has 0 fully saturated rings. The Morgan fingerprint density at radius 3 is 2.43 bits per heavy atom. The first-order valence-electron chi connectivity index (χ1n) is 9.05. The summed E-state index contributed by atoms with van der Waals surface area (Å²) in [5, 5.41) is 7.80. The topological polar surface area (TPSA) is 66.0 Å². The van der Waals surface area contributed by atoms with Crippen LogP contribution in [0.25, 0.3) is 32.7 Å². The van der Waals surface area contributed by atoms with Crippen LogP contribution in [0.1, 0.15) is 12.6 Å². The number of rotatable bonds is 3. The zero-order valence-corrected chi connectivity index (χ0v) is 18.3. The quantitative estimate of drug-likeness (QED) is 0.175. The van der Waals surface area contributed by atoms with Crippen LogP contribution < -0.4 is 5.43 Å². The number of benzene rings is 2. The summed E-state index contributed by atoms with van der Waals surface area (Å²) in [7, 11) is 9.34. The van der Waals surface area contributed by atoms with Gasteiger partial charge < -0.3 is 4.98 Å². The summed E-state index contributed by atoms with van der Waals surface area (Å²) in [5.41, 5.74) is 7.88. The van der Waals surface area contributed by atoms with Crippen molar-refractivity contribution in [3.63, 3.8) is 0 Å². The van der Waals surface area contributed by atoms with Gasteiger partial charge in [0.2, 0.25) is 0 Å². The fourth-order valence-corrected chi connectivity index (χ4v) is 3.40. The van der Waals surface area contributed by atoms with Crippen molar-refractivity contribution < 1.29 is 13.1 Å². The van der Waals surface area contributed by atoms with Crippen molar-refractivity contribution in [3.8, 4) is 0 Å². The van der Waals surface area contributed by atoms with Crippen LogP contribution in [0.3, 0.4) is 0 Å². The Hall–Kier alpha value is -2.63. The fourth-order valence-electron chi connectivity index (χ4n) is 3.40. The van der Waals surface area contributed by atoms with Crippen LogP contribution in [0.15, 0.2) is 78.0 Å². The van der Waals surface area contributed by atoms with Crippen LogP contribution in [-0.2, 0) is 13.1 Å². The van der Waals surface area contributed by atoms with Gasteiger partial charge in [-0.05, 0) is 31.2 Å². The van der Waals surface area contributed by atoms with E-state index in [4.69, 9.17) is 4.98 Å². The third-order valence-corrected chi connectivity index (χ3v) is 4.71. The summed E-state index contributed by atoms with van der Waals surface area (Å²) >= 11 is 0.757. The van der Waals surface area contributed by atoms with Crippen molar-refractivity contribution in [2.24, 2.45) is 5.10 Å². The van der Waals surface area contributed by atoms with E-state index < -0.39 is 0 Å². The third-order valence-electron chi connectivity index (χ3n) is 4.71. The molecule has 8 heteroatoms. The van der Waals surface area contributed by atoms with Crippen molar-refractivity contribution in [3.05, 3.63) is 78.6 Å². The number of anilines is 1. The molecule has 0 saturated heterocycles. The van der Waals surface area contributed by atoms with E-state index in [1.165, 1.54) is 0 Å². The van der Waals surface area contributed by atoms with Gasteiger partial charge in [0, 0.05) is 22.5 Å². The molecule has 0 radical (unpaired) electrons. The van der Waals surface area contributed by atoms with E-state index in [0.29, 0.717) is 0 Å². The number of aromatic nitrogens is 3. The molecule has 0 spiro atoms. The number of para-hydroxylation sites is 2. The van der Waals surface area contributed by atoms with E-state index in [1.54, 1.807) is 6.20 Å². The van der Waals surface area contributed by atoms with E-state index in [1.807, 2.05) is 55.5 Å². The summed E-state index contributed by atoms with van der Waals surface area (Å²) in [5.74, 6) is 0.733. The van der Waals surface area contributed by atoms with Crippen LogP contribution in [0, 0.1) is 0 Å². The number of nitrogens with zero attached hydrogens (tertiary/aromatic N) is 3. The molecule has 0 saturated carbocycles. The van der Waals surface area contributed by atoms with Gasteiger partial charge in [-0.3, -0.25) is 10.4 Å². The van der Waals surface area contributed by atoms with Crippen LogP contribution in [-0.4, -0.2) is 20.7 Å². The minimum atomic E-state index is 0.733.